The Kier molecular flexibility index (Phi) is 5.53. The van der Waals surface area contributed by atoms with Gasteiger partial charge in [0.05, 0.1) is 12.8 Å². The second kappa shape index (κ2) is 8.23. The maximum Gasteiger partial charge on any atom is 0.223 e. The fourth-order valence-corrected chi connectivity index (χ4v) is 4.33. The first-order chi connectivity index (χ1) is 13.7. The normalized spacial score (nSPS) is 16.9. The van der Waals surface area contributed by atoms with Crippen molar-refractivity contribution in [2.75, 3.05) is 56.2 Å². The third-order valence-electron chi connectivity index (χ3n) is 5.93. The maximum absolute atomic E-state index is 11.7. The van der Waals surface area contributed by atoms with Gasteiger partial charge in [0.25, 0.3) is 0 Å². The molecule has 4 rings (SSSR count). The number of methoxy groups -OCH3 is 1. The van der Waals surface area contributed by atoms with E-state index in [2.05, 4.69) is 40.1 Å². The van der Waals surface area contributed by atoms with Gasteiger partial charge in [-0.2, -0.15) is 0 Å². The van der Waals surface area contributed by atoms with E-state index in [9.17, 15) is 4.79 Å². The van der Waals surface area contributed by atoms with Crippen LogP contribution in [0.4, 0.5) is 11.4 Å². The van der Waals surface area contributed by atoms with Gasteiger partial charge in [-0.1, -0.05) is 24.3 Å². The van der Waals surface area contributed by atoms with Gasteiger partial charge in [0.1, 0.15) is 5.75 Å². The molecule has 1 fully saturated rings. The van der Waals surface area contributed by atoms with Crippen molar-refractivity contribution < 1.29 is 9.53 Å². The molecule has 1 saturated heterocycles. The fourth-order valence-electron chi connectivity index (χ4n) is 4.33. The summed E-state index contributed by atoms with van der Waals surface area (Å²) in [4.78, 5) is 18.5. The number of carbonyl (C=O) groups excluding carboxylic acids is 1. The molecule has 5 nitrogen and oxygen atoms in total. The zero-order valence-corrected chi connectivity index (χ0v) is 16.9. The van der Waals surface area contributed by atoms with Gasteiger partial charge in [-0.3, -0.25) is 9.69 Å². The Morgan fingerprint density at radius 2 is 1.79 bits per heavy atom. The minimum atomic E-state index is 0.138. The van der Waals surface area contributed by atoms with E-state index in [0.29, 0.717) is 0 Å². The summed E-state index contributed by atoms with van der Waals surface area (Å²) >= 11 is 0. The monoisotopic (exact) mass is 379 g/mol. The van der Waals surface area contributed by atoms with Gasteiger partial charge in [-0.15, -0.1) is 0 Å². The minimum Gasteiger partial charge on any atom is -0.495 e. The molecule has 148 valence electrons. The Morgan fingerprint density at radius 1 is 1.00 bits per heavy atom. The molecule has 0 saturated carbocycles. The number of amides is 1. The van der Waals surface area contributed by atoms with Gasteiger partial charge in [0, 0.05) is 51.9 Å². The van der Waals surface area contributed by atoms with Crippen LogP contribution < -0.4 is 14.5 Å². The molecule has 0 atom stereocenters. The molecule has 2 aromatic carbocycles. The van der Waals surface area contributed by atoms with E-state index >= 15 is 0 Å². The molecule has 2 aliphatic heterocycles. The molecule has 0 radical (unpaired) electrons. The van der Waals surface area contributed by atoms with Gasteiger partial charge in [0.2, 0.25) is 5.91 Å². The second-order valence-corrected chi connectivity index (χ2v) is 7.63. The molecule has 1 amide bonds. The fraction of sp³-hybridized carbons (Fsp3) is 0.435. The van der Waals surface area contributed by atoms with Crippen LogP contribution in [0, 0.1) is 0 Å². The van der Waals surface area contributed by atoms with Crippen LogP contribution in [-0.2, 0) is 17.6 Å². The molecule has 28 heavy (non-hydrogen) atoms. The summed E-state index contributed by atoms with van der Waals surface area (Å²) in [7, 11) is 1.74. The average Bonchev–Trinajstić information content (AvgIpc) is 3.16. The molecular weight excluding hydrogens is 350 g/mol. The molecular formula is C23H29N3O2. The number of nitrogens with zero attached hydrogens (tertiary/aromatic N) is 3. The molecule has 0 unspecified atom stereocenters. The molecule has 2 aliphatic rings. The average molecular weight is 380 g/mol. The van der Waals surface area contributed by atoms with Gasteiger partial charge in [0.15, 0.2) is 0 Å². The van der Waals surface area contributed by atoms with Crippen LogP contribution in [-0.4, -0.2) is 57.2 Å². The summed E-state index contributed by atoms with van der Waals surface area (Å²) in [6, 6.07) is 14.9. The Bertz CT molecular complexity index is 843. The van der Waals surface area contributed by atoms with Gasteiger partial charge < -0.3 is 14.5 Å². The van der Waals surface area contributed by atoms with E-state index in [-0.39, 0.29) is 5.91 Å². The highest BCUT2D eigenvalue weighted by atomic mass is 16.5. The molecule has 0 aromatic heterocycles. The molecule has 2 heterocycles. The highest BCUT2D eigenvalue weighted by molar-refractivity contribution is 5.93. The summed E-state index contributed by atoms with van der Waals surface area (Å²) in [6.45, 7) is 7.74. The molecule has 0 bridgehead atoms. The Morgan fingerprint density at radius 3 is 2.54 bits per heavy atom. The topological polar surface area (TPSA) is 36.0 Å². The first-order valence-corrected chi connectivity index (χ1v) is 10.2. The van der Waals surface area contributed by atoms with E-state index in [0.717, 1.165) is 63.5 Å². The minimum absolute atomic E-state index is 0.138. The van der Waals surface area contributed by atoms with Gasteiger partial charge >= 0.3 is 0 Å². The van der Waals surface area contributed by atoms with Crippen molar-refractivity contribution in [1.82, 2.24) is 4.90 Å². The lowest BCUT2D eigenvalue weighted by atomic mass is 10.1. The van der Waals surface area contributed by atoms with Crippen molar-refractivity contribution in [3.63, 3.8) is 0 Å². The predicted molar refractivity (Wildman–Crippen MR) is 114 cm³/mol. The highest BCUT2D eigenvalue weighted by Gasteiger charge is 2.23. The SMILES string of the molecule is COc1ccccc1N1CCN(CCc2ccc3c(c2)CCN3C(C)=O)CC1. The Labute approximate surface area is 167 Å². The third kappa shape index (κ3) is 3.85. The number of fused-ring (bicyclic) bond motifs is 1. The lowest BCUT2D eigenvalue weighted by Crippen LogP contribution is -2.47. The second-order valence-electron chi connectivity index (χ2n) is 7.63. The number of hydrogen-bond acceptors (Lipinski definition) is 4. The number of carbonyl (C=O) groups is 1. The van der Waals surface area contributed by atoms with Crippen LogP contribution >= 0.6 is 0 Å². The molecule has 0 spiro atoms. The number of benzene rings is 2. The smallest absolute Gasteiger partial charge is 0.223 e. The standard InChI is InChI=1S/C23H29N3O2/c1-18(27)26-12-10-20-17-19(7-8-21(20)26)9-11-24-13-15-25(16-14-24)22-5-3-4-6-23(22)28-2/h3-8,17H,9-16H2,1-2H3. The molecule has 5 heteroatoms. The van der Waals surface area contributed by atoms with E-state index in [1.807, 2.05) is 17.0 Å². The molecule has 0 N–H and O–H groups in total. The van der Waals surface area contributed by atoms with Crippen LogP contribution in [0.2, 0.25) is 0 Å². The summed E-state index contributed by atoms with van der Waals surface area (Å²) < 4.78 is 5.51. The first-order valence-electron chi connectivity index (χ1n) is 10.2. The van der Waals surface area contributed by atoms with E-state index in [1.54, 1.807) is 14.0 Å². The van der Waals surface area contributed by atoms with Crippen LogP contribution in [0.5, 0.6) is 5.75 Å². The first kappa shape index (κ1) is 18.8. The van der Waals surface area contributed by atoms with Crippen LogP contribution in [0.3, 0.4) is 0 Å². The number of piperazine rings is 1. The van der Waals surface area contributed by atoms with Crippen LogP contribution in [0.1, 0.15) is 18.1 Å². The van der Waals surface area contributed by atoms with E-state index in [4.69, 9.17) is 4.74 Å². The highest BCUT2D eigenvalue weighted by Crippen LogP contribution is 2.30. The van der Waals surface area contributed by atoms with Crippen molar-refractivity contribution in [3.05, 3.63) is 53.6 Å². The van der Waals surface area contributed by atoms with E-state index in [1.165, 1.54) is 16.8 Å². The van der Waals surface area contributed by atoms with Crippen molar-refractivity contribution in [1.29, 1.82) is 0 Å². The van der Waals surface area contributed by atoms with E-state index < -0.39 is 0 Å². The summed E-state index contributed by atoms with van der Waals surface area (Å²) in [6.07, 6.45) is 2.03. The summed E-state index contributed by atoms with van der Waals surface area (Å²) in [5.41, 5.74) is 4.98. The number of hydrogen-bond donors (Lipinski definition) is 0. The van der Waals surface area contributed by atoms with Crippen LogP contribution in [0.15, 0.2) is 42.5 Å². The van der Waals surface area contributed by atoms with Gasteiger partial charge in [-0.25, -0.2) is 0 Å². The number of ether oxygens (including phenoxy) is 1. The Hall–Kier alpha value is -2.53. The zero-order valence-electron chi connectivity index (χ0n) is 16.9. The Balaban J connectivity index is 1.31. The lowest BCUT2D eigenvalue weighted by molar-refractivity contribution is -0.116. The molecule has 2 aromatic rings. The zero-order chi connectivity index (χ0) is 19.5. The maximum atomic E-state index is 11.7. The number of para-hydroxylation sites is 2. The van der Waals surface area contributed by atoms with Crippen molar-refractivity contribution in [3.8, 4) is 5.75 Å². The summed E-state index contributed by atoms with van der Waals surface area (Å²) in [5.74, 6) is 1.09. The quantitative estimate of drug-likeness (QED) is 0.800. The van der Waals surface area contributed by atoms with Crippen molar-refractivity contribution in [2.45, 2.75) is 19.8 Å². The number of anilines is 2. The van der Waals surface area contributed by atoms with Crippen molar-refractivity contribution >= 4 is 17.3 Å². The lowest BCUT2D eigenvalue weighted by Gasteiger charge is -2.36. The summed E-state index contributed by atoms with van der Waals surface area (Å²) in [5, 5.41) is 0. The van der Waals surface area contributed by atoms with Crippen molar-refractivity contribution in [2.24, 2.45) is 0 Å². The van der Waals surface area contributed by atoms with Gasteiger partial charge in [-0.05, 0) is 42.2 Å². The third-order valence-corrected chi connectivity index (χ3v) is 5.93. The predicted octanol–water partition coefficient (Wildman–Crippen LogP) is 2.97. The number of rotatable bonds is 5. The molecule has 0 aliphatic carbocycles. The largest absolute Gasteiger partial charge is 0.495 e. The van der Waals surface area contributed by atoms with Crippen LogP contribution in [0.25, 0.3) is 0 Å².